The van der Waals surface area contributed by atoms with Crippen LogP contribution in [0.4, 0.5) is 18.9 Å². The van der Waals surface area contributed by atoms with Gasteiger partial charge in [0.15, 0.2) is 0 Å². The van der Waals surface area contributed by atoms with Crippen LogP contribution in [0.25, 0.3) is 0 Å². The minimum Gasteiger partial charge on any atom is -0.475 e. The van der Waals surface area contributed by atoms with Crippen LogP contribution in [0.1, 0.15) is 38.7 Å². The van der Waals surface area contributed by atoms with Gasteiger partial charge >= 0.3 is 12.1 Å². The topological polar surface area (TPSA) is 145 Å². The van der Waals surface area contributed by atoms with E-state index < -0.39 is 24.1 Å². The van der Waals surface area contributed by atoms with Crippen molar-refractivity contribution in [2.75, 3.05) is 5.32 Å². The lowest BCUT2D eigenvalue weighted by Crippen LogP contribution is -2.37. The van der Waals surface area contributed by atoms with Crippen molar-refractivity contribution in [2.24, 2.45) is 5.73 Å². The number of rotatable bonds is 6. The molecule has 0 aliphatic heterocycles. The van der Waals surface area contributed by atoms with E-state index in [4.69, 9.17) is 15.6 Å². The lowest BCUT2D eigenvalue weighted by atomic mass is 10.0. The Labute approximate surface area is 210 Å². The van der Waals surface area contributed by atoms with Gasteiger partial charge in [-0.1, -0.05) is 48.5 Å². The number of halogens is 3. The van der Waals surface area contributed by atoms with Gasteiger partial charge in [0, 0.05) is 17.8 Å². The summed E-state index contributed by atoms with van der Waals surface area (Å²) in [7, 11) is 0. The molecule has 3 rings (SSSR count). The molecule has 0 spiro atoms. The SMILES string of the molecule is Cc1ccc(NC(=O)[C@H](NC(=O)c2cccc(CN)c2)c2ccccc2)cc1C#N.O=C(O)C(F)(F)F. The maximum Gasteiger partial charge on any atom is 0.490 e. The number of carbonyl (C=O) groups excluding carboxylic acids is 2. The van der Waals surface area contributed by atoms with Crippen molar-refractivity contribution in [1.29, 1.82) is 5.26 Å². The number of carboxylic acid groups (broad SMARTS) is 1. The van der Waals surface area contributed by atoms with Crippen LogP contribution in [-0.4, -0.2) is 29.1 Å². The van der Waals surface area contributed by atoms with Gasteiger partial charge in [-0.3, -0.25) is 9.59 Å². The van der Waals surface area contributed by atoms with Gasteiger partial charge in [-0.05, 0) is 47.9 Å². The Hall–Kier alpha value is -4.69. The average Bonchev–Trinajstić information content (AvgIpc) is 2.88. The summed E-state index contributed by atoms with van der Waals surface area (Å²) in [5.41, 5.74) is 9.35. The summed E-state index contributed by atoms with van der Waals surface area (Å²) in [4.78, 5) is 34.8. The summed E-state index contributed by atoms with van der Waals surface area (Å²) in [6, 6.07) is 22.3. The van der Waals surface area contributed by atoms with Crippen molar-refractivity contribution in [3.05, 3.63) is 101 Å². The van der Waals surface area contributed by atoms with Gasteiger partial charge < -0.3 is 21.5 Å². The van der Waals surface area contributed by atoms with E-state index >= 15 is 0 Å². The lowest BCUT2D eigenvalue weighted by Gasteiger charge is -2.19. The molecule has 0 aromatic heterocycles. The molecule has 0 aliphatic carbocycles. The summed E-state index contributed by atoms with van der Waals surface area (Å²) < 4.78 is 31.7. The zero-order valence-electron chi connectivity index (χ0n) is 19.5. The second-order valence-electron chi connectivity index (χ2n) is 7.66. The summed E-state index contributed by atoms with van der Waals surface area (Å²) >= 11 is 0. The van der Waals surface area contributed by atoms with Gasteiger partial charge in [-0.15, -0.1) is 0 Å². The Bertz CT molecular complexity index is 1310. The van der Waals surface area contributed by atoms with E-state index in [-0.39, 0.29) is 5.91 Å². The molecule has 8 nitrogen and oxygen atoms in total. The van der Waals surface area contributed by atoms with Crippen molar-refractivity contribution in [3.8, 4) is 6.07 Å². The molecular formula is C26H23F3N4O4. The van der Waals surface area contributed by atoms with Crippen LogP contribution >= 0.6 is 0 Å². The van der Waals surface area contributed by atoms with E-state index in [9.17, 15) is 28.0 Å². The monoisotopic (exact) mass is 512 g/mol. The zero-order chi connectivity index (χ0) is 27.6. The van der Waals surface area contributed by atoms with Gasteiger partial charge in [-0.2, -0.15) is 18.4 Å². The predicted molar refractivity (Wildman–Crippen MR) is 129 cm³/mol. The molecule has 1 atom stereocenters. The van der Waals surface area contributed by atoms with Crippen LogP contribution < -0.4 is 16.4 Å². The first-order chi connectivity index (χ1) is 17.5. The van der Waals surface area contributed by atoms with Gasteiger partial charge in [0.05, 0.1) is 11.6 Å². The quantitative estimate of drug-likeness (QED) is 0.392. The van der Waals surface area contributed by atoms with E-state index in [0.717, 1.165) is 11.1 Å². The Balaban J connectivity index is 0.000000604. The zero-order valence-corrected chi connectivity index (χ0v) is 19.5. The number of carbonyl (C=O) groups is 3. The molecule has 0 radical (unpaired) electrons. The summed E-state index contributed by atoms with van der Waals surface area (Å²) in [5, 5.41) is 21.9. The molecule has 3 aromatic rings. The number of aliphatic carboxylic acids is 1. The molecule has 0 fully saturated rings. The Kier molecular flexibility index (Phi) is 9.92. The first-order valence-electron chi connectivity index (χ1n) is 10.7. The van der Waals surface area contributed by atoms with Crippen LogP contribution in [0.15, 0.2) is 72.8 Å². The Morgan fingerprint density at radius 3 is 2.24 bits per heavy atom. The second-order valence-corrected chi connectivity index (χ2v) is 7.66. The van der Waals surface area contributed by atoms with Crippen LogP contribution in [0.5, 0.6) is 0 Å². The van der Waals surface area contributed by atoms with Crippen LogP contribution in [-0.2, 0) is 16.1 Å². The number of aryl methyl sites for hydroxylation is 1. The normalized spacial score (nSPS) is 11.2. The molecular weight excluding hydrogens is 489 g/mol. The summed E-state index contributed by atoms with van der Waals surface area (Å²) in [6.07, 6.45) is -5.08. The van der Waals surface area contributed by atoms with Crippen LogP contribution in [0.2, 0.25) is 0 Å². The number of nitriles is 1. The molecule has 0 saturated carbocycles. The van der Waals surface area contributed by atoms with E-state index in [2.05, 4.69) is 16.7 Å². The smallest absolute Gasteiger partial charge is 0.475 e. The molecule has 3 aromatic carbocycles. The van der Waals surface area contributed by atoms with E-state index in [1.54, 1.807) is 60.7 Å². The molecule has 0 aliphatic rings. The summed E-state index contributed by atoms with van der Waals surface area (Å²) in [6.45, 7) is 2.14. The molecule has 5 N–H and O–H groups in total. The van der Waals surface area contributed by atoms with Crippen LogP contribution in [0, 0.1) is 18.3 Å². The number of hydrogen-bond acceptors (Lipinski definition) is 5. The van der Waals surface area contributed by atoms with E-state index in [1.807, 2.05) is 19.1 Å². The minimum absolute atomic E-state index is 0.318. The van der Waals surface area contributed by atoms with E-state index in [1.165, 1.54) is 0 Å². The number of hydrogen-bond donors (Lipinski definition) is 4. The van der Waals surface area contributed by atoms with Crippen molar-refractivity contribution in [3.63, 3.8) is 0 Å². The number of nitrogens with zero attached hydrogens (tertiary/aromatic N) is 1. The van der Waals surface area contributed by atoms with Crippen molar-refractivity contribution < 1.29 is 32.7 Å². The third-order valence-electron chi connectivity index (χ3n) is 4.96. The predicted octanol–water partition coefficient (Wildman–Crippen LogP) is 4.07. The highest BCUT2D eigenvalue weighted by Gasteiger charge is 2.38. The van der Waals surface area contributed by atoms with Crippen molar-refractivity contribution in [2.45, 2.75) is 25.7 Å². The first-order valence-corrected chi connectivity index (χ1v) is 10.7. The van der Waals surface area contributed by atoms with Crippen molar-refractivity contribution >= 4 is 23.5 Å². The minimum atomic E-state index is -5.08. The number of nitrogens with one attached hydrogen (secondary N) is 2. The highest BCUT2D eigenvalue weighted by molar-refractivity contribution is 6.01. The van der Waals surface area contributed by atoms with Gasteiger partial charge in [-0.25, -0.2) is 4.79 Å². The third-order valence-corrected chi connectivity index (χ3v) is 4.96. The van der Waals surface area contributed by atoms with E-state index in [0.29, 0.717) is 28.9 Å². The number of carboxylic acids is 1. The Morgan fingerprint density at radius 1 is 1.03 bits per heavy atom. The standard InChI is InChI=1S/C24H22N4O2.C2HF3O2/c1-16-10-11-21(13-20(16)15-26)27-24(30)22(18-7-3-2-4-8-18)28-23(29)19-9-5-6-17(12-19)14-25;3-2(4,5)1(6)7/h2-13,22H,14,25H2,1H3,(H,27,30)(H,28,29);(H,6,7)/t22-;/m1./s1. The maximum atomic E-state index is 13.1. The fourth-order valence-corrected chi connectivity index (χ4v) is 3.03. The molecule has 0 heterocycles. The molecule has 11 heteroatoms. The fourth-order valence-electron chi connectivity index (χ4n) is 3.03. The maximum absolute atomic E-state index is 13.1. The third kappa shape index (κ3) is 8.48. The average molecular weight is 512 g/mol. The second kappa shape index (κ2) is 12.9. The van der Waals surface area contributed by atoms with Gasteiger partial charge in [0.2, 0.25) is 0 Å². The molecule has 37 heavy (non-hydrogen) atoms. The fraction of sp³-hybridized carbons (Fsp3) is 0.154. The van der Waals surface area contributed by atoms with Gasteiger partial charge in [0.1, 0.15) is 6.04 Å². The number of nitrogens with two attached hydrogens (primary N) is 1. The molecule has 192 valence electrons. The van der Waals surface area contributed by atoms with Crippen LogP contribution in [0.3, 0.4) is 0 Å². The summed E-state index contributed by atoms with van der Waals surface area (Å²) in [5.74, 6) is -3.54. The molecule has 0 bridgehead atoms. The number of alkyl halides is 3. The largest absolute Gasteiger partial charge is 0.490 e. The highest BCUT2D eigenvalue weighted by atomic mass is 19.4. The highest BCUT2D eigenvalue weighted by Crippen LogP contribution is 2.19. The molecule has 2 amide bonds. The number of amides is 2. The van der Waals surface area contributed by atoms with Crippen molar-refractivity contribution in [1.82, 2.24) is 5.32 Å². The molecule has 0 unspecified atom stereocenters. The number of benzene rings is 3. The molecule has 0 saturated heterocycles. The first kappa shape index (κ1) is 28.5. The lowest BCUT2D eigenvalue weighted by molar-refractivity contribution is -0.192. The van der Waals surface area contributed by atoms with Gasteiger partial charge in [0.25, 0.3) is 11.8 Å². The number of anilines is 1. The Morgan fingerprint density at radius 2 is 1.68 bits per heavy atom.